The quantitative estimate of drug-likeness (QED) is 0.547. The van der Waals surface area contributed by atoms with Crippen LogP contribution in [0, 0.1) is 17.8 Å². The molecule has 1 fully saturated rings. The first kappa shape index (κ1) is 17.3. The largest absolute Gasteiger partial charge is 0.314 e. The molecule has 2 aliphatic carbocycles. The van der Waals surface area contributed by atoms with E-state index in [4.69, 9.17) is 0 Å². The number of allylic oxidation sites excluding steroid dienone is 3. The molecule has 1 saturated carbocycles. The molecule has 134 valence electrons. The Morgan fingerprint density at radius 2 is 1.96 bits per heavy atom. The zero-order chi connectivity index (χ0) is 17.6. The average molecular weight is 354 g/mol. The minimum absolute atomic E-state index is 0.327. The van der Waals surface area contributed by atoms with Crippen LogP contribution >= 0.6 is 7.14 Å². The van der Waals surface area contributed by atoms with Gasteiger partial charge in [-0.25, -0.2) is 0 Å². The van der Waals surface area contributed by atoms with Crippen molar-refractivity contribution in [3.8, 4) is 0 Å². The predicted molar refractivity (Wildman–Crippen MR) is 109 cm³/mol. The summed E-state index contributed by atoms with van der Waals surface area (Å²) in [6, 6.07) is 8.58. The van der Waals surface area contributed by atoms with Crippen molar-refractivity contribution in [3.05, 3.63) is 47.3 Å². The summed E-state index contributed by atoms with van der Waals surface area (Å²) in [5.74, 6) is 4.15. The van der Waals surface area contributed by atoms with Gasteiger partial charge in [0, 0.05) is 11.0 Å². The predicted octanol–water partition coefficient (Wildman–Crippen LogP) is 6.60. The van der Waals surface area contributed by atoms with Crippen LogP contribution in [-0.4, -0.2) is 5.66 Å². The molecule has 25 heavy (non-hydrogen) atoms. The van der Waals surface area contributed by atoms with Gasteiger partial charge in [-0.2, -0.15) is 0 Å². The first-order valence-corrected chi connectivity index (χ1v) is 12.0. The lowest BCUT2D eigenvalue weighted by molar-refractivity contribution is 0.237. The SMILES string of the molecule is CC1CCC(C(C)C)C(P2(=O)C=C3CCCC=C3c3ccccc32)C1. The standard InChI is InChI=1S/C23H31OP/c1-16(2)19-13-12-17(3)14-23(19)25(24)15-18-8-4-5-9-20(18)21-10-6-7-11-22(21)25/h6-7,9-11,15-17,19,23H,4-5,8,12-14H2,1-3H3. The van der Waals surface area contributed by atoms with Crippen LogP contribution in [0.4, 0.5) is 0 Å². The van der Waals surface area contributed by atoms with E-state index >= 15 is 0 Å². The van der Waals surface area contributed by atoms with Crippen molar-refractivity contribution >= 4 is 18.0 Å². The van der Waals surface area contributed by atoms with Crippen LogP contribution in [0.3, 0.4) is 0 Å². The third-order valence-corrected chi connectivity index (χ3v) is 10.2. The summed E-state index contributed by atoms with van der Waals surface area (Å²) < 4.78 is 14.6. The van der Waals surface area contributed by atoms with Crippen molar-refractivity contribution in [2.24, 2.45) is 17.8 Å². The van der Waals surface area contributed by atoms with E-state index in [-0.39, 0.29) is 0 Å². The number of fused-ring (bicyclic) bond motifs is 3. The highest BCUT2D eigenvalue weighted by molar-refractivity contribution is 7.75. The Hall–Kier alpha value is -1.07. The van der Waals surface area contributed by atoms with Gasteiger partial charge in [0.2, 0.25) is 0 Å². The summed E-state index contributed by atoms with van der Waals surface area (Å²) >= 11 is 0. The summed E-state index contributed by atoms with van der Waals surface area (Å²) in [6.45, 7) is 7.01. The van der Waals surface area contributed by atoms with Crippen LogP contribution in [0.2, 0.25) is 0 Å². The maximum absolute atomic E-state index is 14.6. The molecule has 0 aromatic heterocycles. The molecule has 0 radical (unpaired) electrons. The molecule has 1 aliphatic heterocycles. The smallest absolute Gasteiger partial charge is 0.140 e. The van der Waals surface area contributed by atoms with Gasteiger partial charge in [0.1, 0.15) is 7.14 Å². The van der Waals surface area contributed by atoms with E-state index in [2.05, 4.69) is 56.9 Å². The summed E-state index contributed by atoms with van der Waals surface area (Å²) in [5, 5.41) is 1.15. The van der Waals surface area contributed by atoms with Crippen LogP contribution in [-0.2, 0) is 4.57 Å². The zero-order valence-corrected chi connectivity index (χ0v) is 16.8. The van der Waals surface area contributed by atoms with E-state index in [1.807, 2.05) is 0 Å². The second-order valence-electron chi connectivity index (χ2n) is 8.78. The Morgan fingerprint density at radius 3 is 2.76 bits per heavy atom. The Bertz CT molecular complexity index is 770. The summed E-state index contributed by atoms with van der Waals surface area (Å²) in [4.78, 5) is 0. The lowest BCUT2D eigenvalue weighted by Gasteiger charge is -2.43. The number of rotatable bonds is 2. The molecule has 4 atom stereocenters. The molecule has 1 nitrogen and oxygen atoms in total. The van der Waals surface area contributed by atoms with Crippen molar-refractivity contribution < 1.29 is 4.57 Å². The maximum atomic E-state index is 14.6. The minimum atomic E-state index is -2.52. The molecule has 0 amide bonds. The fourth-order valence-electron chi connectivity index (χ4n) is 5.40. The zero-order valence-electron chi connectivity index (χ0n) is 15.9. The van der Waals surface area contributed by atoms with Crippen molar-refractivity contribution in [2.75, 3.05) is 0 Å². The Kier molecular flexibility index (Phi) is 4.57. The van der Waals surface area contributed by atoms with Crippen molar-refractivity contribution in [1.29, 1.82) is 0 Å². The Morgan fingerprint density at radius 1 is 1.16 bits per heavy atom. The molecule has 1 aromatic carbocycles. The normalized spacial score (nSPS) is 34.8. The van der Waals surface area contributed by atoms with Crippen molar-refractivity contribution in [3.63, 3.8) is 0 Å². The van der Waals surface area contributed by atoms with E-state index < -0.39 is 7.14 Å². The summed E-state index contributed by atoms with van der Waals surface area (Å²) in [6.07, 6.45) is 9.48. The number of hydrogen-bond donors (Lipinski definition) is 0. The number of hydrogen-bond acceptors (Lipinski definition) is 1. The highest BCUT2D eigenvalue weighted by Gasteiger charge is 2.45. The monoisotopic (exact) mass is 354 g/mol. The molecular formula is C23H31OP. The van der Waals surface area contributed by atoms with E-state index in [9.17, 15) is 4.57 Å². The van der Waals surface area contributed by atoms with Crippen LogP contribution in [0.1, 0.15) is 64.9 Å². The molecule has 4 unspecified atom stereocenters. The molecular weight excluding hydrogens is 323 g/mol. The lowest BCUT2D eigenvalue weighted by atomic mass is 9.77. The topological polar surface area (TPSA) is 17.1 Å². The molecule has 3 aliphatic rings. The fourth-order valence-corrected chi connectivity index (χ4v) is 9.44. The molecule has 4 rings (SSSR count). The third kappa shape index (κ3) is 2.89. The van der Waals surface area contributed by atoms with Crippen LogP contribution in [0.15, 0.2) is 41.7 Å². The number of benzene rings is 1. The Labute approximate surface area is 153 Å². The molecule has 0 bridgehead atoms. The molecule has 2 heteroatoms. The van der Waals surface area contributed by atoms with Gasteiger partial charge in [0.15, 0.2) is 0 Å². The van der Waals surface area contributed by atoms with Gasteiger partial charge in [0.05, 0.1) is 0 Å². The highest BCUT2D eigenvalue weighted by atomic mass is 31.2. The van der Waals surface area contributed by atoms with Crippen molar-refractivity contribution in [2.45, 2.75) is 65.0 Å². The van der Waals surface area contributed by atoms with Crippen LogP contribution in [0.5, 0.6) is 0 Å². The fraction of sp³-hybridized carbons (Fsp3) is 0.565. The first-order chi connectivity index (χ1) is 12.0. The third-order valence-electron chi connectivity index (χ3n) is 6.74. The van der Waals surface area contributed by atoms with E-state index in [0.717, 1.165) is 24.6 Å². The first-order valence-electron chi connectivity index (χ1n) is 10.1. The van der Waals surface area contributed by atoms with E-state index in [1.165, 1.54) is 36.0 Å². The van der Waals surface area contributed by atoms with Crippen molar-refractivity contribution in [1.82, 2.24) is 0 Å². The summed E-state index contributed by atoms with van der Waals surface area (Å²) in [5.41, 5.74) is 4.34. The second kappa shape index (κ2) is 6.58. The van der Waals surface area contributed by atoms with Gasteiger partial charge >= 0.3 is 0 Å². The average Bonchev–Trinajstić information content (AvgIpc) is 2.62. The molecule has 1 heterocycles. The minimum Gasteiger partial charge on any atom is -0.314 e. The molecule has 1 aromatic rings. The van der Waals surface area contributed by atoms with Gasteiger partial charge in [-0.3, -0.25) is 0 Å². The van der Waals surface area contributed by atoms with Crippen LogP contribution in [0.25, 0.3) is 5.57 Å². The van der Waals surface area contributed by atoms with Crippen LogP contribution < -0.4 is 5.30 Å². The van der Waals surface area contributed by atoms with Gasteiger partial charge in [-0.05, 0) is 72.4 Å². The maximum Gasteiger partial charge on any atom is 0.140 e. The van der Waals surface area contributed by atoms with Gasteiger partial charge in [-0.15, -0.1) is 0 Å². The highest BCUT2D eigenvalue weighted by Crippen LogP contribution is 2.64. The lowest BCUT2D eigenvalue weighted by Crippen LogP contribution is -2.36. The van der Waals surface area contributed by atoms with E-state index in [1.54, 1.807) is 0 Å². The van der Waals surface area contributed by atoms with E-state index in [0.29, 0.717) is 23.4 Å². The second-order valence-corrected chi connectivity index (χ2v) is 11.6. The van der Waals surface area contributed by atoms with Gasteiger partial charge < -0.3 is 4.57 Å². The van der Waals surface area contributed by atoms with Gasteiger partial charge in [-0.1, -0.05) is 57.5 Å². The van der Waals surface area contributed by atoms with Gasteiger partial charge in [0.25, 0.3) is 0 Å². The molecule has 0 N–H and O–H groups in total. The molecule has 0 spiro atoms. The Balaban J connectivity index is 1.88. The summed E-state index contributed by atoms with van der Waals surface area (Å²) in [7, 11) is -2.52. The molecule has 0 saturated heterocycles.